The third kappa shape index (κ3) is 3.70. The SMILES string of the molecule is NC(c1cccc(Cl)c1)[C@@H](C(=O)O)C(=O)OCC1c2ccccc2-c2ccccc21. The molecule has 0 fully saturated rings. The molecule has 0 amide bonds. The zero-order chi connectivity index (χ0) is 21.3. The van der Waals surface area contributed by atoms with E-state index in [4.69, 9.17) is 22.1 Å². The molecule has 1 aliphatic carbocycles. The van der Waals surface area contributed by atoms with Gasteiger partial charge in [0, 0.05) is 10.9 Å². The van der Waals surface area contributed by atoms with Crippen LogP contribution in [0.2, 0.25) is 5.02 Å². The van der Waals surface area contributed by atoms with E-state index < -0.39 is 23.9 Å². The minimum Gasteiger partial charge on any atom is -0.481 e. The topological polar surface area (TPSA) is 89.6 Å². The minimum absolute atomic E-state index is 0.0406. The first-order valence-corrected chi connectivity index (χ1v) is 9.94. The molecule has 1 unspecified atom stereocenters. The summed E-state index contributed by atoms with van der Waals surface area (Å²) in [5, 5.41) is 10.1. The number of nitrogens with two attached hydrogens (primary N) is 1. The number of esters is 1. The number of aliphatic carboxylic acids is 1. The van der Waals surface area contributed by atoms with Crippen LogP contribution in [0.4, 0.5) is 0 Å². The molecule has 0 saturated carbocycles. The fourth-order valence-electron chi connectivity index (χ4n) is 4.00. The van der Waals surface area contributed by atoms with Crippen LogP contribution in [0.15, 0.2) is 72.8 Å². The molecule has 4 rings (SSSR count). The summed E-state index contributed by atoms with van der Waals surface area (Å²) in [5.74, 6) is -3.88. The Labute approximate surface area is 179 Å². The second kappa shape index (κ2) is 8.30. The van der Waals surface area contributed by atoms with E-state index >= 15 is 0 Å². The third-order valence-electron chi connectivity index (χ3n) is 5.47. The van der Waals surface area contributed by atoms with Crippen molar-refractivity contribution < 1.29 is 19.4 Å². The van der Waals surface area contributed by atoms with Crippen molar-refractivity contribution in [3.63, 3.8) is 0 Å². The molecule has 6 heteroatoms. The molecule has 0 aliphatic heterocycles. The van der Waals surface area contributed by atoms with Crippen LogP contribution in [-0.4, -0.2) is 23.7 Å². The van der Waals surface area contributed by atoms with E-state index in [-0.39, 0.29) is 12.5 Å². The number of ether oxygens (including phenoxy) is 1. The summed E-state index contributed by atoms with van der Waals surface area (Å²) < 4.78 is 5.50. The van der Waals surface area contributed by atoms with Crippen LogP contribution in [0.1, 0.15) is 28.7 Å². The molecule has 2 atom stereocenters. The van der Waals surface area contributed by atoms with Gasteiger partial charge in [0.05, 0.1) is 6.04 Å². The Balaban J connectivity index is 1.55. The number of carboxylic acid groups (broad SMARTS) is 1. The van der Waals surface area contributed by atoms with Crippen LogP contribution in [0.3, 0.4) is 0 Å². The number of halogens is 1. The number of rotatable bonds is 6. The molecule has 0 heterocycles. The number of hydrogen-bond donors (Lipinski definition) is 2. The van der Waals surface area contributed by atoms with Gasteiger partial charge in [-0.15, -0.1) is 0 Å². The highest BCUT2D eigenvalue weighted by molar-refractivity contribution is 6.30. The van der Waals surface area contributed by atoms with Gasteiger partial charge in [0.25, 0.3) is 0 Å². The maximum Gasteiger partial charge on any atom is 0.322 e. The predicted octanol–water partition coefficient (Wildman–Crippen LogP) is 4.40. The summed E-state index contributed by atoms with van der Waals surface area (Å²) in [7, 11) is 0. The fraction of sp³-hybridized carbons (Fsp3) is 0.167. The lowest BCUT2D eigenvalue weighted by atomic mass is 9.93. The summed E-state index contributed by atoms with van der Waals surface area (Å²) in [6.45, 7) is 0.0406. The summed E-state index contributed by atoms with van der Waals surface area (Å²) in [4.78, 5) is 24.6. The Hall–Kier alpha value is -3.15. The second-order valence-corrected chi connectivity index (χ2v) is 7.69. The predicted molar refractivity (Wildman–Crippen MR) is 114 cm³/mol. The van der Waals surface area contributed by atoms with Gasteiger partial charge >= 0.3 is 11.9 Å². The lowest BCUT2D eigenvalue weighted by Gasteiger charge is -2.21. The van der Waals surface area contributed by atoms with Crippen molar-refractivity contribution in [2.45, 2.75) is 12.0 Å². The number of carboxylic acids is 1. The fourth-order valence-corrected chi connectivity index (χ4v) is 4.20. The normalized spacial score (nSPS) is 14.5. The molecule has 0 spiro atoms. The number of carbonyl (C=O) groups excluding carboxylic acids is 1. The zero-order valence-electron chi connectivity index (χ0n) is 16.0. The highest BCUT2D eigenvalue weighted by Gasteiger charge is 2.37. The van der Waals surface area contributed by atoms with Crippen LogP contribution < -0.4 is 5.73 Å². The smallest absolute Gasteiger partial charge is 0.322 e. The maximum absolute atomic E-state index is 12.7. The first-order chi connectivity index (χ1) is 14.5. The van der Waals surface area contributed by atoms with Gasteiger partial charge in [0.1, 0.15) is 6.61 Å². The van der Waals surface area contributed by atoms with E-state index in [0.717, 1.165) is 22.3 Å². The molecular formula is C24H20ClNO4. The molecule has 0 saturated heterocycles. The first kappa shape index (κ1) is 20.1. The van der Waals surface area contributed by atoms with Gasteiger partial charge in [-0.05, 0) is 39.9 Å². The molecule has 0 aromatic heterocycles. The average Bonchev–Trinajstić information content (AvgIpc) is 3.06. The Morgan fingerprint density at radius 3 is 2.13 bits per heavy atom. The van der Waals surface area contributed by atoms with Gasteiger partial charge in [0.2, 0.25) is 0 Å². The molecule has 152 valence electrons. The molecule has 0 bridgehead atoms. The van der Waals surface area contributed by atoms with Crippen molar-refractivity contribution in [2.24, 2.45) is 11.7 Å². The minimum atomic E-state index is -1.53. The standard InChI is InChI=1S/C24H20ClNO4/c25-15-7-5-6-14(12-15)22(26)21(23(27)28)24(29)30-13-20-18-10-3-1-8-16(18)17-9-2-4-11-19(17)20/h1-12,20-22H,13,26H2,(H,27,28)/t21-,22?/m0/s1. The van der Waals surface area contributed by atoms with Gasteiger partial charge in [-0.3, -0.25) is 9.59 Å². The van der Waals surface area contributed by atoms with Crippen molar-refractivity contribution in [2.75, 3.05) is 6.61 Å². The van der Waals surface area contributed by atoms with Gasteiger partial charge in [-0.2, -0.15) is 0 Å². The van der Waals surface area contributed by atoms with Crippen molar-refractivity contribution in [1.29, 1.82) is 0 Å². The molecular weight excluding hydrogens is 402 g/mol. The maximum atomic E-state index is 12.7. The van der Waals surface area contributed by atoms with Crippen LogP contribution in [0.25, 0.3) is 11.1 Å². The van der Waals surface area contributed by atoms with Gasteiger partial charge in [-0.25, -0.2) is 0 Å². The van der Waals surface area contributed by atoms with Crippen molar-refractivity contribution in [1.82, 2.24) is 0 Å². The van der Waals surface area contributed by atoms with Crippen molar-refractivity contribution in [3.8, 4) is 11.1 Å². The molecule has 1 aliphatic rings. The Bertz CT molecular complexity index is 1070. The van der Waals surface area contributed by atoms with Gasteiger partial charge in [0.15, 0.2) is 5.92 Å². The monoisotopic (exact) mass is 421 g/mol. The Kier molecular flexibility index (Phi) is 5.57. The van der Waals surface area contributed by atoms with Gasteiger partial charge in [-0.1, -0.05) is 72.3 Å². The molecule has 3 aromatic rings. The van der Waals surface area contributed by atoms with Crippen molar-refractivity contribution >= 4 is 23.5 Å². The number of hydrogen-bond acceptors (Lipinski definition) is 4. The second-order valence-electron chi connectivity index (χ2n) is 7.25. The molecule has 5 nitrogen and oxygen atoms in total. The summed E-state index contributed by atoms with van der Waals surface area (Å²) in [5.41, 5.74) is 10.9. The van der Waals surface area contributed by atoms with Crippen LogP contribution >= 0.6 is 11.6 Å². The molecule has 3 aromatic carbocycles. The summed E-state index contributed by atoms with van der Waals surface area (Å²) in [6, 6.07) is 21.3. The van der Waals surface area contributed by atoms with Crippen LogP contribution in [0.5, 0.6) is 0 Å². The number of benzene rings is 3. The average molecular weight is 422 g/mol. The highest BCUT2D eigenvalue weighted by Crippen LogP contribution is 2.44. The summed E-state index contributed by atoms with van der Waals surface area (Å²) >= 11 is 5.98. The van der Waals surface area contributed by atoms with E-state index in [1.165, 1.54) is 0 Å². The van der Waals surface area contributed by atoms with Crippen LogP contribution in [-0.2, 0) is 14.3 Å². The van der Waals surface area contributed by atoms with Crippen molar-refractivity contribution in [3.05, 3.63) is 94.5 Å². The molecule has 0 radical (unpaired) electrons. The molecule has 3 N–H and O–H groups in total. The molecule has 30 heavy (non-hydrogen) atoms. The van der Waals surface area contributed by atoms with Gasteiger partial charge < -0.3 is 15.6 Å². The lowest BCUT2D eigenvalue weighted by Crippen LogP contribution is -2.36. The Morgan fingerprint density at radius 2 is 1.57 bits per heavy atom. The van der Waals surface area contributed by atoms with E-state index in [0.29, 0.717) is 10.6 Å². The number of fused-ring (bicyclic) bond motifs is 3. The lowest BCUT2D eigenvalue weighted by molar-refractivity contribution is -0.160. The zero-order valence-corrected chi connectivity index (χ0v) is 16.8. The first-order valence-electron chi connectivity index (χ1n) is 9.56. The number of carbonyl (C=O) groups is 2. The van der Waals surface area contributed by atoms with E-state index in [1.807, 2.05) is 48.5 Å². The van der Waals surface area contributed by atoms with E-state index in [2.05, 4.69) is 0 Å². The van der Waals surface area contributed by atoms with E-state index in [1.54, 1.807) is 24.3 Å². The van der Waals surface area contributed by atoms with Crippen LogP contribution in [0, 0.1) is 5.92 Å². The largest absolute Gasteiger partial charge is 0.481 e. The van der Waals surface area contributed by atoms with E-state index in [9.17, 15) is 14.7 Å². The Morgan fingerprint density at radius 1 is 0.967 bits per heavy atom. The summed E-state index contributed by atoms with van der Waals surface area (Å²) in [6.07, 6.45) is 0. The third-order valence-corrected chi connectivity index (χ3v) is 5.70. The quantitative estimate of drug-likeness (QED) is 0.455. The highest BCUT2D eigenvalue weighted by atomic mass is 35.5.